The van der Waals surface area contributed by atoms with E-state index in [1.54, 1.807) is 0 Å². The zero-order chi connectivity index (χ0) is 15.7. The van der Waals surface area contributed by atoms with Crippen LogP contribution >= 0.6 is 15.9 Å². The maximum absolute atomic E-state index is 12.3. The van der Waals surface area contributed by atoms with Crippen LogP contribution in [0.1, 0.15) is 16.8 Å². The summed E-state index contributed by atoms with van der Waals surface area (Å²) in [6.07, 6.45) is -0.978. The number of hydrogen-bond donors (Lipinski definition) is 2. The fourth-order valence-corrected chi connectivity index (χ4v) is 2.72. The van der Waals surface area contributed by atoms with E-state index in [0.717, 1.165) is 11.0 Å². The lowest BCUT2D eigenvalue weighted by atomic mass is 10.1. The summed E-state index contributed by atoms with van der Waals surface area (Å²) < 4.78 is 0.340. The zero-order valence-electron chi connectivity index (χ0n) is 10.6. The molecule has 0 saturated carbocycles. The van der Waals surface area contributed by atoms with Crippen molar-refractivity contribution in [3.05, 3.63) is 38.3 Å². The normalized spacial score (nSPS) is 21.3. The summed E-state index contributed by atoms with van der Waals surface area (Å²) in [6.45, 7) is -0.115. The lowest BCUT2D eigenvalue weighted by Gasteiger charge is -2.21. The molecule has 0 radical (unpaired) electrons. The van der Waals surface area contributed by atoms with E-state index < -0.39 is 28.9 Å². The number of carbonyl (C=O) groups is 2. The Kier molecular flexibility index (Phi) is 4.24. The molecule has 21 heavy (non-hydrogen) atoms. The molecule has 0 aliphatic carbocycles. The maximum atomic E-state index is 12.3. The van der Waals surface area contributed by atoms with Crippen LogP contribution in [0.15, 0.2) is 22.7 Å². The van der Waals surface area contributed by atoms with Crippen LogP contribution in [0.5, 0.6) is 0 Å². The number of amides is 1. The Labute approximate surface area is 127 Å². The molecule has 2 N–H and O–H groups in total. The first-order valence-electron chi connectivity index (χ1n) is 5.96. The summed E-state index contributed by atoms with van der Waals surface area (Å²) in [4.78, 5) is 34.6. The Balaban J connectivity index is 2.35. The van der Waals surface area contributed by atoms with Crippen LogP contribution in [-0.4, -0.2) is 50.6 Å². The molecule has 2 atom stereocenters. The fraction of sp³-hybridized carbons (Fsp3) is 0.333. The van der Waals surface area contributed by atoms with Crippen molar-refractivity contribution in [1.82, 2.24) is 4.90 Å². The average molecular weight is 359 g/mol. The zero-order valence-corrected chi connectivity index (χ0v) is 12.2. The van der Waals surface area contributed by atoms with Crippen LogP contribution in [0.4, 0.5) is 5.69 Å². The monoisotopic (exact) mass is 358 g/mol. The third kappa shape index (κ3) is 3.19. The Bertz CT molecular complexity index is 620. The highest BCUT2D eigenvalue weighted by Crippen LogP contribution is 2.25. The van der Waals surface area contributed by atoms with Crippen LogP contribution in [0.25, 0.3) is 0 Å². The van der Waals surface area contributed by atoms with Crippen LogP contribution in [-0.2, 0) is 4.79 Å². The van der Waals surface area contributed by atoms with Gasteiger partial charge in [-0.3, -0.25) is 14.9 Å². The maximum Gasteiger partial charge on any atom is 0.326 e. The van der Waals surface area contributed by atoms with Gasteiger partial charge in [-0.1, -0.05) is 15.9 Å². The minimum atomic E-state index is -1.22. The predicted molar refractivity (Wildman–Crippen MR) is 73.9 cm³/mol. The van der Waals surface area contributed by atoms with E-state index in [9.17, 15) is 24.8 Å². The molecule has 1 aliphatic rings. The molecular weight excluding hydrogens is 348 g/mol. The number of β-amino-alcohol motifs (C(OH)–C–C–N with tert-alkyl or cyclic N) is 1. The third-order valence-electron chi connectivity index (χ3n) is 3.17. The van der Waals surface area contributed by atoms with Gasteiger partial charge in [-0.25, -0.2) is 4.79 Å². The lowest BCUT2D eigenvalue weighted by molar-refractivity contribution is -0.385. The van der Waals surface area contributed by atoms with Crippen molar-refractivity contribution in [1.29, 1.82) is 0 Å². The van der Waals surface area contributed by atoms with Crippen LogP contribution in [0.2, 0.25) is 0 Å². The summed E-state index contributed by atoms with van der Waals surface area (Å²) in [5.74, 6) is -1.88. The van der Waals surface area contributed by atoms with Gasteiger partial charge < -0.3 is 15.1 Å². The third-order valence-corrected chi connectivity index (χ3v) is 3.62. The fourth-order valence-electron chi connectivity index (χ4n) is 2.24. The van der Waals surface area contributed by atoms with Crippen molar-refractivity contribution in [2.24, 2.45) is 0 Å². The molecule has 1 saturated heterocycles. The molecule has 1 aromatic carbocycles. The molecule has 0 bridgehead atoms. The number of carboxylic acids is 1. The van der Waals surface area contributed by atoms with E-state index in [1.165, 1.54) is 12.1 Å². The van der Waals surface area contributed by atoms with Gasteiger partial charge in [0.1, 0.15) is 6.04 Å². The van der Waals surface area contributed by atoms with Crippen molar-refractivity contribution in [2.75, 3.05) is 6.54 Å². The van der Waals surface area contributed by atoms with Crippen molar-refractivity contribution in [2.45, 2.75) is 18.6 Å². The molecule has 0 spiro atoms. The van der Waals surface area contributed by atoms with E-state index in [4.69, 9.17) is 5.11 Å². The molecule has 1 heterocycles. The second-order valence-corrected chi connectivity index (χ2v) is 5.57. The number of aliphatic carboxylic acids is 1. The number of rotatable bonds is 3. The van der Waals surface area contributed by atoms with Crippen LogP contribution in [0.3, 0.4) is 0 Å². The number of nitrogens with zero attached hydrogens (tertiary/aromatic N) is 2. The van der Waals surface area contributed by atoms with E-state index in [-0.39, 0.29) is 24.2 Å². The molecule has 8 nitrogen and oxygen atoms in total. The van der Waals surface area contributed by atoms with E-state index in [0.29, 0.717) is 4.47 Å². The number of non-ortho nitro benzene ring substituents is 1. The van der Waals surface area contributed by atoms with Gasteiger partial charge in [-0.15, -0.1) is 0 Å². The van der Waals surface area contributed by atoms with Crippen LogP contribution in [0, 0.1) is 10.1 Å². The first-order valence-corrected chi connectivity index (χ1v) is 6.75. The standard InChI is InChI=1S/C12H11BrN2O6/c13-7-1-6(2-8(3-7)15(20)21)11(17)14-5-9(16)4-10(14)12(18)19/h1-3,9-10,16H,4-5H2,(H,18,19)/t9-,10-/m0/s1. The molecule has 112 valence electrons. The first kappa shape index (κ1) is 15.4. The second-order valence-electron chi connectivity index (χ2n) is 4.66. The first-order chi connectivity index (χ1) is 9.79. The van der Waals surface area contributed by atoms with Gasteiger partial charge in [-0.05, 0) is 6.07 Å². The Morgan fingerprint density at radius 2 is 2.05 bits per heavy atom. The van der Waals surface area contributed by atoms with Crippen molar-refractivity contribution in [3.63, 3.8) is 0 Å². The number of carboxylic acid groups (broad SMARTS) is 1. The highest BCUT2D eigenvalue weighted by molar-refractivity contribution is 9.10. The number of nitro benzene ring substituents is 1. The van der Waals surface area contributed by atoms with Gasteiger partial charge in [0.05, 0.1) is 11.0 Å². The highest BCUT2D eigenvalue weighted by atomic mass is 79.9. The Morgan fingerprint density at radius 3 is 2.62 bits per heavy atom. The summed E-state index contributed by atoms with van der Waals surface area (Å²) in [7, 11) is 0. The largest absolute Gasteiger partial charge is 0.480 e. The molecule has 9 heteroatoms. The average Bonchev–Trinajstić information content (AvgIpc) is 2.79. The van der Waals surface area contributed by atoms with E-state index in [1.807, 2.05) is 0 Å². The highest BCUT2D eigenvalue weighted by Gasteiger charge is 2.39. The van der Waals surface area contributed by atoms with Gasteiger partial charge in [0.25, 0.3) is 11.6 Å². The molecular formula is C12H11BrN2O6. The molecule has 0 unspecified atom stereocenters. The number of aliphatic hydroxyl groups is 1. The molecule has 1 fully saturated rings. The summed E-state index contributed by atoms with van der Waals surface area (Å²) in [5.41, 5.74) is -0.282. The summed E-state index contributed by atoms with van der Waals surface area (Å²) >= 11 is 3.07. The lowest BCUT2D eigenvalue weighted by Crippen LogP contribution is -2.40. The molecule has 1 aromatic rings. The minimum Gasteiger partial charge on any atom is -0.480 e. The van der Waals surface area contributed by atoms with Crippen molar-refractivity contribution < 1.29 is 24.7 Å². The van der Waals surface area contributed by atoms with Gasteiger partial charge in [0.15, 0.2) is 0 Å². The van der Waals surface area contributed by atoms with E-state index >= 15 is 0 Å². The number of carbonyl (C=O) groups excluding carboxylic acids is 1. The summed E-state index contributed by atoms with van der Waals surface area (Å²) in [6, 6.07) is 2.56. The number of likely N-dealkylation sites (tertiary alicyclic amines) is 1. The Morgan fingerprint density at radius 1 is 1.38 bits per heavy atom. The van der Waals surface area contributed by atoms with Gasteiger partial charge in [-0.2, -0.15) is 0 Å². The second kappa shape index (κ2) is 5.78. The quantitative estimate of drug-likeness (QED) is 0.614. The predicted octanol–water partition coefficient (Wildman–Crippen LogP) is 1.02. The van der Waals surface area contributed by atoms with Crippen molar-refractivity contribution in [3.8, 4) is 0 Å². The number of benzene rings is 1. The molecule has 1 amide bonds. The van der Waals surface area contributed by atoms with E-state index in [2.05, 4.69) is 15.9 Å². The van der Waals surface area contributed by atoms with Gasteiger partial charge in [0.2, 0.25) is 0 Å². The van der Waals surface area contributed by atoms with Crippen LogP contribution < -0.4 is 0 Å². The smallest absolute Gasteiger partial charge is 0.326 e. The molecule has 0 aromatic heterocycles. The van der Waals surface area contributed by atoms with Gasteiger partial charge >= 0.3 is 5.97 Å². The minimum absolute atomic E-state index is 0.00331. The number of nitro groups is 1. The number of halogens is 1. The topological polar surface area (TPSA) is 121 Å². The Hall–Kier alpha value is -2.00. The van der Waals surface area contributed by atoms with Crippen molar-refractivity contribution >= 4 is 33.5 Å². The number of aliphatic hydroxyl groups excluding tert-OH is 1. The molecule has 1 aliphatic heterocycles. The molecule has 2 rings (SSSR count). The number of hydrogen-bond acceptors (Lipinski definition) is 5. The van der Waals surface area contributed by atoms with Gasteiger partial charge in [0, 0.05) is 35.1 Å². The summed E-state index contributed by atoms with van der Waals surface area (Å²) in [5, 5.41) is 29.4. The SMILES string of the molecule is O=C(O)[C@@H]1C[C@H](O)CN1C(=O)c1cc(Br)cc([N+](=O)[O-])c1.